The van der Waals surface area contributed by atoms with Crippen molar-refractivity contribution < 1.29 is 19.7 Å². The van der Waals surface area contributed by atoms with Gasteiger partial charge in [-0.2, -0.15) is 0 Å². The van der Waals surface area contributed by atoms with E-state index >= 15 is 0 Å². The Morgan fingerprint density at radius 2 is 1.13 bits per heavy atom. The number of hydrogen-bond acceptors (Lipinski definition) is 4. The minimum absolute atomic E-state index is 0.365. The van der Waals surface area contributed by atoms with Crippen molar-refractivity contribution in [2.75, 3.05) is 13.2 Å². The van der Waals surface area contributed by atoms with E-state index < -0.39 is 12.1 Å². The van der Waals surface area contributed by atoms with Crippen LogP contribution in [-0.2, 0) is 9.47 Å². The van der Waals surface area contributed by atoms with Gasteiger partial charge in [-0.15, -0.1) is 0 Å². The minimum atomic E-state index is -2.17. The molecule has 2 N–H and O–H groups in total. The molecule has 0 rings (SSSR count). The first kappa shape index (κ1) is 22.8. The van der Waals surface area contributed by atoms with Crippen molar-refractivity contribution >= 4 is 0 Å². The van der Waals surface area contributed by atoms with Crippen LogP contribution in [0.4, 0.5) is 0 Å². The molecule has 0 saturated heterocycles. The molecule has 4 heteroatoms. The van der Waals surface area contributed by atoms with Gasteiger partial charge in [0.15, 0.2) is 0 Å². The molecule has 1 atom stereocenters. The van der Waals surface area contributed by atoms with Crippen LogP contribution in [0.5, 0.6) is 0 Å². The molecule has 0 aliphatic rings. The number of hydrogen-bond donors (Lipinski definition) is 2. The van der Waals surface area contributed by atoms with Crippen molar-refractivity contribution in [1.29, 1.82) is 0 Å². The van der Waals surface area contributed by atoms with E-state index in [1.165, 1.54) is 51.4 Å². The van der Waals surface area contributed by atoms with Crippen molar-refractivity contribution in [2.24, 2.45) is 0 Å². The third kappa shape index (κ3) is 13.9. The summed E-state index contributed by atoms with van der Waals surface area (Å²) in [5.74, 6) is -2.17. The Morgan fingerprint density at radius 1 is 0.696 bits per heavy atom. The first-order valence-corrected chi connectivity index (χ1v) is 9.74. The molecular weight excluding hydrogens is 292 g/mol. The van der Waals surface area contributed by atoms with Gasteiger partial charge in [0.25, 0.3) is 0 Å². The lowest BCUT2D eigenvalue weighted by Gasteiger charge is -2.28. The Balaban J connectivity index is 3.57. The highest BCUT2D eigenvalue weighted by molar-refractivity contribution is 4.62. The molecule has 0 aromatic carbocycles. The van der Waals surface area contributed by atoms with Crippen LogP contribution in [0.15, 0.2) is 0 Å². The highest BCUT2D eigenvalue weighted by atomic mass is 16.8. The quantitative estimate of drug-likeness (QED) is 0.298. The van der Waals surface area contributed by atoms with Crippen LogP contribution in [0.2, 0.25) is 0 Å². The number of rotatable bonds is 17. The lowest BCUT2D eigenvalue weighted by Crippen LogP contribution is -2.45. The van der Waals surface area contributed by atoms with Gasteiger partial charge in [0, 0.05) is 6.61 Å². The van der Waals surface area contributed by atoms with Crippen LogP contribution < -0.4 is 0 Å². The summed E-state index contributed by atoms with van der Waals surface area (Å²) in [7, 11) is 0. The smallest absolute Gasteiger partial charge is 0.305 e. The molecule has 0 heterocycles. The highest BCUT2D eigenvalue weighted by Gasteiger charge is 2.33. The molecule has 0 bridgehead atoms. The fourth-order valence-electron chi connectivity index (χ4n) is 2.47. The largest absolute Gasteiger partial charge is 0.370 e. The predicted octanol–water partition coefficient (Wildman–Crippen LogP) is 4.77. The van der Waals surface area contributed by atoms with E-state index in [4.69, 9.17) is 9.47 Å². The molecule has 0 fully saturated rings. The molecular formula is C19H40O4. The second-order valence-electron chi connectivity index (χ2n) is 6.56. The third-order valence-electron chi connectivity index (χ3n) is 4.21. The first-order chi connectivity index (χ1) is 11.0. The van der Waals surface area contributed by atoms with Crippen LogP contribution in [0.25, 0.3) is 0 Å². The standard InChI is InChI=1S/C19H40O4/c1-4-6-8-10-12-14-16-22-18(3)19(20,21)23-17-15-13-11-9-7-5-2/h18,20-21H,4-17H2,1-3H3. The second-order valence-corrected chi connectivity index (χ2v) is 6.56. The normalized spacial score (nSPS) is 13.4. The number of ether oxygens (including phenoxy) is 2. The van der Waals surface area contributed by atoms with Gasteiger partial charge in [-0.05, 0) is 19.8 Å². The van der Waals surface area contributed by atoms with Gasteiger partial charge in [-0.3, -0.25) is 0 Å². The summed E-state index contributed by atoms with van der Waals surface area (Å²) in [6.45, 7) is 6.97. The molecule has 0 spiro atoms. The molecule has 140 valence electrons. The van der Waals surface area contributed by atoms with Gasteiger partial charge in [-0.25, -0.2) is 0 Å². The van der Waals surface area contributed by atoms with E-state index in [0.717, 1.165) is 25.7 Å². The van der Waals surface area contributed by atoms with Crippen LogP contribution in [0.3, 0.4) is 0 Å². The van der Waals surface area contributed by atoms with Gasteiger partial charge in [-0.1, -0.05) is 78.1 Å². The molecule has 0 aromatic rings. The summed E-state index contributed by atoms with van der Waals surface area (Å²) in [6, 6.07) is 0. The minimum Gasteiger partial charge on any atom is -0.370 e. The van der Waals surface area contributed by atoms with E-state index in [1.54, 1.807) is 6.92 Å². The van der Waals surface area contributed by atoms with Crippen molar-refractivity contribution in [3.8, 4) is 0 Å². The monoisotopic (exact) mass is 332 g/mol. The van der Waals surface area contributed by atoms with Crippen molar-refractivity contribution in [3.63, 3.8) is 0 Å². The third-order valence-corrected chi connectivity index (χ3v) is 4.21. The Kier molecular flexibility index (Phi) is 15.3. The summed E-state index contributed by atoms with van der Waals surface area (Å²) in [4.78, 5) is 0. The maximum atomic E-state index is 9.90. The maximum absolute atomic E-state index is 9.90. The zero-order valence-electron chi connectivity index (χ0n) is 15.7. The number of aliphatic hydroxyl groups is 2. The lowest BCUT2D eigenvalue weighted by atomic mass is 10.1. The van der Waals surface area contributed by atoms with E-state index in [2.05, 4.69) is 13.8 Å². The SMILES string of the molecule is CCCCCCCCOC(C)C(O)(O)OCCCCCCCC. The average Bonchev–Trinajstić information content (AvgIpc) is 2.53. The van der Waals surface area contributed by atoms with E-state index in [1.807, 2.05) is 0 Å². The Morgan fingerprint density at radius 3 is 1.65 bits per heavy atom. The van der Waals surface area contributed by atoms with Crippen molar-refractivity contribution in [3.05, 3.63) is 0 Å². The summed E-state index contributed by atoms with van der Waals surface area (Å²) >= 11 is 0. The molecule has 0 aromatic heterocycles. The van der Waals surface area contributed by atoms with Gasteiger partial charge in [0.2, 0.25) is 0 Å². The van der Waals surface area contributed by atoms with E-state index in [-0.39, 0.29) is 0 Å². The van der Waals surface area contributed by atoms with Crippen LogP contribution >= 0.6 is 0 Å². The zero-order chi connectivity index (χ0) is 17.4. The number of unbranched alkanes of at least 4 members (excludes halogenated alkanes) is 10. The van der Waals surface area contributed by atoms with Crippen molar-refractivity contribution in [1.82, 2.24) is 0 Å². The predicted molar refractivity (Wildman–Crippen MR) is 95.3 cm³/mol. The summed E-state index contributed by atoms with van der Waals surface area (Å²) in [5.41, 5.74) is 0. The van der Waals surface area contributed by atoms with Gasteiger partial charge in [0.05, 0.1) is 6.61 Å². The van der Waals surface area contributed by atoms with Crippen LogP contribution in [-0.4, -0.2) is 35.5 Å². The zero-order valence-corrected chi connectivity index (χ0v) is 15.7. The maximum Gasteiger partial charge on any atom is 0.305 e. The Hall–Kier alpha value is -0.160. The van der Waals surface area contributed by atoms with Crippen LogP contribution in [0.1, 0.15) is 97.8 Å². The molecule has 4 nitrogen and oxygen atoms in total. The van der Waals surface area contributed by atoms with Crippen LogP contribution in [0, 0.1) is 0 Å². The van der Waals surface area contributed by atoms with Gasteiger partial charge in [0.1, 0.15) is 6.10 Å². The molecule has 0 saturated carbocycles. The molecule has 1 unspecified atom stereocenters. The second kappa shape index (κ2) is 15.4. The lowest BCUT2D eigenvalue weighted by molar-refractivity contribution is -0.379. The van der Waals surface area contributed by atoms with E-state index in [9.17, 15) is 10.2 Å². The summed E-state index contributed by atoms with van der Waals surface area (Å²) in [5, 5.41) is 19.8. The molecule has 0 aliphatic carbocycles. The van der Waals surface area contributed by atoms with Gasteiger partial charge >= 0.3 is 5.97 Å². The highest BCUT2D eigenvalue weighted by Crippen LogP contribution is 2.15. The fraction of sp³-hybridized carbons (Fsp3) is 1.00. The topological polar surface area (TPSA) is 58.9 Å². The van der Waals surface area contributed by atoms with Gasteiger partial charge < -0.3 is 19.7 Å². The fourth-order valence-corrected chi connectivity index (χ4v) is 2.47. The van der Waals surface area contributed by atoms with E-state index in [0.29, 0.717) is 13.2 Å². The molecule has 0 radical (unpaired) electrons. The van der Waals surface area contributed by atoms with Crippen molar-refractivity contribution in [2.45, 2.75) is 110 Å². The molecule has 23 heavy (non-hydrogen) atoms. The first-order valence-electron chi connectivity index (χ1n) is 9.74. The Bertz CT molecular complexity index is 244. The Labute approximate surface area is 143 Å². The summed E-state index contributed by atoms with van der Waals surface area (Å²) < 4.78 is 10.7. The summed E-state index contributed by atoms with van der Waals surface area (Å²) in [6.07, 6.45) is 13.3. The molecule has 0 amide bonds. The molecule has 0 aliphatic heterocycles. The average molecular weight is 333 g/mol.